The third kappa shape index (κ3) is 4.31. The molecule has 0 heterocycles. The molecular formula is C16H18O4. The van der Waals surface area contributed by atoms with Crippen LogP contribution in [0.3, 0.4) is 0 Å². The molecule has 20 heavy (non-hydrogen) atoms. The minimum atomic E-state index is 0.284. The zero-order valence-electron chi connectivity index (χ0n) is 11.3. The lowest BCUT2D eigenvalue weighted by molar-refractivity contribution is 0.111. The molecule has 0 amide bonds. The second kappa shape index (κ2) is 8.58. The van der Waals surface area contributed by atoms with E-state index in [9.17, 15) is 4.79 Å². The van der Waals surface area contributed by atoms with Crippen LogP contribution in [-0.4, -0.2) is 26.1 Å². The van der Waals surface area contributed by atoms with E-state index in [1.807, 2.05) is 0 Å². The Hall–Kier alpha value is -2.49. The first-order valence-corrected chi connectivity index (χ1v) is 6.11. The van der Waals surface area contributed by atoms with Crippen molar-refractivity contribution in [2.24, 2.45) is 0 Å². The van der Waals surface area contributed by atoms with Gasteiger partial charge in [-0.05, 0) is 0 Å². The summed E-state index contributed by atoms with van der Waals surface area (Å²) in [4.78, 5) is 11.2. The summed E-state index contributed by atoms with van der Waals surface area (Å²) in [6, 6.07) is 3.27. The third-order valence-corrected chi connectivity index (χ3v) is 2.28. The Labute approximate surface area is 119 Å². The van der Waals surface area contributed by atoms with E-state index >= 15 is 0 Å². The number of aldehydes is 1. The van der Waals surface area contributed by atoms with Gasteiger partial charge < -0.3 is 14.2 Å². The fourth-order valence-corrected chi connectivity index (χ4v) is 1.47. The molecule has 106 valence electrons. The number of carbonyl (C=O) groups is 1. The number of carbonyl (C=O) groups excluding carboxylic acids is 1. The molecule has 0 N–H and O–H groups in total. The molecule has 0 radical (unpaired) electrons. The highest BCUT2D eigenvalue weighted by atomic mass is 16.5. The summed E-state index contributed by atoms with van der Waals surface area (Å²) >= 11 is 0. The highest BCUT2D eigenvalue weighted by Crippen LogP contribution is 2.33. The van der Waals surface area contributed by atoms with Crippen LogP contribution in [0.4, 0.5) is 0 Å². The van der Waals surface area contributed by atoms with Crippen LogP contribution in [-0.2, 0) is 0 Å². The lowest BCUT2D eigenvalue weighted by Crippen LogP contribution is -2.03. The molecule has 1 aromatic carbocycles. The van der Waals surface area contributed by atoms with Crippen LogP contribution in [0.25, 0.3) is 0 Å². The molecule has 0 saturated heterocycles. The van der Waals surface area contributed by atoms with Gasteiger partial charge in [-0.1, -0.05) is 38.0 Å². The molecular weight excluding hydrogens is 256 g/mol. The molecule has 0 atom stereocenters. The molecule has 0 unspecified atom stereocenters. The van der Waals surface area contributed by atoms with Crippen LogP contribution < -0.4 is 14.2 Å². The average Bonchev–Trinajstić information content (AvgIpc) is 2.48. The Balaban J connectivity index is 3.14. The van der Waals surface area contributed by atoms with Crippen LogP contribution in [0.5, 0.6) is 17.2 Å². The van der Waals surface area contributed by atoms with Crippen LogP contribution in [0, 0.1) is 0 Å². The van der Waals surface area contributed by atoms with Gasteiger partial charge in [-0.2, -0.15) is 0 Å². The average molecular weight is 274 g/mol. The van der Waals surface area contributed by atoms with Crippen molar-refractivity contribution in [3.63, 3.8) is 0 Å². The summed E-state index contributed by atoms with van der Waals surface area (Å²) < 4.78 is 16.4. The van der Waals surface area contributed by atoms with Gasteiger partial charge in [-0.3, -0.25) is 4.79 Å². The van der Waals surface area contributed by atoms with Gasteiger partial charge in [0.2, 0.25) is 0 Å². The van der Waals surface area contributed by atoms with E-state index in [0.717, 1.165) is 0 Å². The van der Waals surface area contributed by atoms with Crippen molar-refractivity contribution in [3.05, 3.63) is 55.7 Å². The lowest BCUT2D eigenvalue weighted by Gasteiger charge is -2.14. The first kappa shape index (κ1) is 15.6. The Morgan fingerprint density at radius 3 is 1.70 bits per heavy atom. The minimum absolute atomic E-state index is 0.284. The molecule has 1 rings (SSSR count). The van der Waals surface area contributed by atoms with Crippen LogP contribution in [0.1, 0.15) is 10.4 Å². The van der Waals surface area contributed by atoms with Gasteiger partial charge in [0.25, 0.3) is 0 Å². The second-order valence-corrected chi connectivity index (χ2v) is 3.75. The van der Waals surface area contributed by atoms with E-state index < -0.39 is 0 Å². The van der Waals surface area contributed by atoms with Gasteiger partial charge in [0.1, 0.15) is 37.1 Å². The highest BCUT2D eigenvalue weighted by molar-refractivity contribution is 5.84. The third-order valence-electron chi connectivity index (χ3n) is 2.28. The molecule has 4 heteroatoms. The van der Waals surface area contributed by atoms with E-state index in [1.165, 1.54) is 0 Å². The molecule has 4 nitrogen and oxygen atoms in total. The molecule has 0 aliphatic carbocycles. The zero-order valence-corrected chi connectivity index (χ0v) is 11.3. The summed E-state index contributed by atoms with van der Waals surface area (Å²) in [5, 5.41) is 0. The molecule has 0 aromatic heterocycles. The first-order chi connectivity index (χ1) is 9.76. The van der Waals surface area contributed by atoms with Gasteiger partial charge >= 0.3 is 0 Å². The van der Waals surface area contributed by atoms with Gasteiger partial charge in [-0.15, -0.1) is 0 Å². The minimum Gasteiger partial charge on any atom is -0.489 e. The SMILES string of the molecule is C=CCOc1cc(OCC=C)c(C=O)c(OCC=C)c1. The predicted octanol–water partition coefficient (Wildman–Crippen LogP) is 3.19. The maximum Gasteiger partial charge on any atom is 0.157 e. The maximum atomic E-state index is 11.2. The largest absolute Gasteiger partial charge is 0.489 e. The topological polar surface area (TPSA) is 44.8 Å². The van der Waals surface area contributed by atoms with Crippen LogP contribution in [0.15, 0.2) is 50.1 Å². The van der Waals surface area contributed by atoms with Gasteiger partial charge in [-0.25, -0.2) is 0 Å². The summed E-state index contributed by atoms with van der Waals surface area (Å²) in [5.74, 6) is 1.31. The van der Waals surface area contributed by atoms with Crippen molar-refractivity contribution in [1.29, 1.82) is 0 Å². The maximum absolute atomic E-state index is 11.2. The molecule has 1 aromatic rings. The predicted molar refractivity (Wildman–Crippen MR) is 78.9 cm³/mol. The number of rotatable bonds is 10. The number of ether oxygens (including phenoxy) is 3. The Bertz CT molecular complexity index is 458. The summed E-state index contributed by atoms with van der Waals surface area (Å²) in [7, 11) is 0. The number of hydrogen-bond acceptors (Lipinski definition) is 4. The molecule has 0 aliphatic rings. The van der Waals surface area contributed by atoms with E-state index in [4.69, 9.17) is 14.2 Å². The Kier molecular flexibility index (Phi) is 6.68. The van der Waals surface area contributed by atoms with E-state index in [1.54, 1.807) is 30.4 Å². The van der Waals surface area contributed by atoms with E-state index in [0.29, 0.717) is 35.7 Å². The van der Waals surface area contributed by atoms with Crippen LogP contribution in [0.2, 0.25) is 0 Å². The van der Waals surface area contributed by atoms with Crippen molar-refractivity contribution < 1.29 is 19.0 Å². The van der Waals surface area contributed by atoms with E-state index in [2.05, 4.69) is 19.7 Å². The second-order valence-electron chi connectivity index (χ2n) is 3.75. The monoisotopic (exact) mass is 274 g/mol. The molecule has 0 fully saturated rings. The van der Waals surface area contributed by atoms with Crippen molar-refractivity contribution >= 4 is 6.29 Å². The van der Waals surface area contributed by atoms with Gasteiger partial charge in [0.05, 0.1) is 5.56 Å². The van der Waals surface area contributed by atoms with Crippen molar-refractivity contribution in [2.75, 3.05) is 19.8 Å². The van der Waals surface area contributed by atoms with Gasteiger partial charge in [0, 0.05) is 12.1 Å². The molecule has 0 spiro atoms. The number of hydrogen-bond donors (Lipinski definition) is 0. The Morgan fingerprint density at radius 2 is 1.30 bits per heavy atom. The summed E-state index contributed by atoms with van der Waals surface area (Å²) in [5.41, 5.74) is 0.333. The zero-order chi connectivity index (χ0) is 14.8. The fraction of sp³-hybridized carbons (Fsp3) is 0.188. The quantitative estimate of drug-likeness (QED) is 0.485. The normalized spacial score (nSPS) is 9.40. The summed E-state index contributed by atoms with van der Waals surface area (Å²) in [6.07, 6.45) is 5.50. The van der Waals surface area contributed by atoms with Crippen LogP contribution >= 0.6 is 0 Å². The summed E-state index contributed by atoms with van der Waals surface area (Å²) in [6.45, 7) is 11.6. The van der Waals surface area contributed by atoms with E-state index in [-0.39, 0.29) is 13.2 Å². The standard InChI is InChI=1S/C16H18O4/c1-4-7-18-13-10-15(19-8-5-2)14(12-17)16(11-13)20-9-6-3/h4-6,10-12H,1-3,7-9H2. The van der Waals surface area contributed by atoms with Crippen molar-refractivity contribution in [2.45, 2.75) is 0 Å². The van der Waals surface area contributed by atoms with Crippen molar-refractivity contribution in [1.82, 2.24) is 0 Å². The van der Waals surface area contributed by atoms with Gasteiger partial charge in [0.15, 0.2) is 6.29 Å². The fourth-order valence-electron chi connectivity index (χ4n) is 1.47. The van der Waals surface area contributed by atoms with Crippen molar-refractivity contribution in [3.8, 4) is 17.2 Å². The first-order valence-electron chi connectivity index (χ1n) is 6.11. The molecule has 0 bridgehead atoms. The molecule has 0 aliphatic heterocycles. The smallest absolute Gasteiger partial charge is 0.157 e. The Morgan fingerprint density at radius 1 is 0.850 bits per heavy atom. The molecule has 0 saturated carbocycles. The lowest BCUT2D eigenvalue weighted by atomic mass is 10.2. The number of benzene rings is 1. The highest BCUT2D eigenvalue weighted by Gasteiger charge is 2.13.